The van der Waals surface area contributed by atoms with Crippen LogP contribution in [0.25, 0.3) is 0 Å². The summed E-state index contributed by atoms with van der Waals surface area (Å²) in [5.74, 6) is -0.636. The van der Waals surface area contributed by atoms with Crippen LogP contribution in [0, 0.1) is 28.5 Å². The van der Waals surface area contributed by atoms with E-state index in [4.69, 9.17) is 4.74 Å². The number of ether oxygens (including phenoxy) is 1. The van der Waals surface area contributed by atoms with Gasteiger partial charge in [-0.25, -0.2) is 4.39 Å². The van der Waals surface area contributed by atoms with Crippen molar-refractivity contribution in [3.8, 4) is 5.75 Å². The lowest BCUT2D eigenvalue weighted by Crippen LogP contribution is -2.58. The van der Waals surface area contributed by atoms with Crippen molar-refractivity contribution in [2.45, 2.75) is 45.3 Å². The highest BCUT2D eigenvalue weighted by atomic mass is 19.1. The molecule has 5 heteroatoms. The maximum Gasteiger partial charge on any atom is 0.251 e. The van der Waals surface area contributed by atoms with Crippen LogP contribution < -0.4 is 5.32 Å². The predicted molar refractivity (Wildman–Crippen MR) is 111 cm³/mol. The van der Waals surface area contributed by atoms with Crippen molar-refractivity contribution in [1.82, 2.24) is 5.32 Å². The zero-order valence-electron chi connectivity index (χ0n) is 17.4. The molecule has 1 unspecified atom stereocenters. The molecule has 2 N–H and O–H groups in total. The highest BCUT2D eigenvalue weighted by Gasteiger charge is 2.68. The van der Waals surface area contributed by atoms with Crippen LogP contribution in [0.2, 0.25) is 0 Å². The molecule has 2 aromatic carbocycles. The molecule has 0 radical (unpaired) electrons. The third kappa shape index (κ3) is 2.78. The number of nitrogens with one attached hydrogen (secondary N) is 1. The Morgan fingerprint density at radius 1 is 1.20 bits per heavy atom. The fourth-order valence-electron chi connectivity index (χ4n) is 6.62. The van der Waals surface area contributed by atoms with Crippen molar-refractivity contribution in [2.24, 2.45) is 22.7 Å². The Hall–Kier alpha value is -2.40. The number of carbonyl (C=O) groups is 1. The van der Waals surface area contributed by atoms with Gasteiger partial charge in [-0.05, 0) is 65.7 Å². The van der Waals surface area contributed by atoms with E-state index in [0.29, 0.717) is 18.4 Å². The summed E-state index contributed by atoms with van der Waals surface area (Å²) in [7, 11) is 0. The Kier molecular flexibility index (Phi) is 4.44. The molecule has 2 aromatic rings. The number of amides is 1. The van der Waals surface area contributed by atoms with Crippen LogP contribution in [0.5, 0.6) is 5.75 Å². The van der Waals surface area contributed by atoms with E-state index in [1.165, 1.54) is 17.7 Å². The molecule has 3 fully saturated rings. The lowest BCUT2D eigenvalue weighted by molar-refractivity contribution is -0.120. The largest absolute Gasteiger partial charge is 0.505 e. The normalized spacial score (nSPS) is 33.8. The predicted octanol–water partition coefficient (Wildman–Crippen LogP) is 4.84. The standard InChI is InChI=1S/C25H28FNO3/c1-24(2)17-13-18-21(15-6-4-3-5-7-15)30-11-10-25(18,14-17)23(24)27-22(29)16-8-9-20(28)19(26)12-16/h3-9,12,17-18,21,23,28H,10-11,13-14H2,1-2H3,(H,27,29)/t17-,18-,21-,23+,25?/m1/s1. The summed E-state index contributed by atoms with van der Waals surface area (Å²) >= 11 is 0. The molecule has 5 rings (SSSR count). The van der Waals surface area contributed by atoms with E-state index in [2.05, 4.69) is 43.4 Å². The summed E-state index contributed by atoms with van der Waals surface area (Å²) in [5, 5.41) is 12.7. The van der Waals surface area contributed by atoms with E-state index in [1.54, 1.807) is 0 Å². The number of fused-ring (bicyclic) bond motifs is 1. The van der Waals surface area contributed by atoms with Gasteiger partial charge in [-0.1, -0.05) is 44.2 Å². The molecule has 0 aromatic heterocycles. The quantitative estimate of drug-likeness (QED) is 0.762. The van der Waals surface area contributed by atoms with Gasteiger partial charge in [-0.15, -0.1) is 0 Å². The highest BCUT2D eigenvalue weighted by Crippen LogP contribution is 2.70. The van der Waals surface area contributed by atoms with Gasteiger partial charge >= 0.3 is 0 Å². The van der Waals surface area contributed by atoms with Crippen LogP contribution in [0.15, 0.2) is 48.5 Å². The second-order valence-corrected chi connectivity index (χ2v) is 9.82. The van der Waals surface area contributed by atoms with Crippen molar-refractivity contribution >= 4 is 5.91 Å². The van der Waals surface area contributed by atoms with Gasteiger partial charge < -0.3 is 15.2 Å². The van der Waals surface area contributed by atoms with E-state index in [9.17, 15) is 14.3 Å². The third-order valence-corrected chi connectivity index (χ3v) is 8.12. The minimum Gasteiger partial charge on any atom is -0.505 e. The topological polar surface area (TPSA) is 58.6 Å². The number of hydrogen-bond donors (Lipinski definition) is 2. The number of phenolic OH excluding ortho intramolecular Hbond substituents is 1. The molecule has 2 bridgehead atoms. The van der Waals surface area contributed by atoms with Crippen molar-refractivity contribution < 1.29 is 19.0 Å². The Labute approximate surface area is 176 Å². The van der Waals surface area contributed by atoms with Crippen LogP contribution in [0.3, 0.4) is 0 Å². The Bertz CT molecular complexity index is 976. The van der Waals surface area contributed by atoms with Gasteiger partial charge in [-0.3, -0.25) is 4.79 Å². The van der Waals surface area contributed by atoms with Gasteiger partial charge in [0.2, 0.25) is 0 Å². The van der Waals surface area contributed by atoms with Crippen LogP contribution >= 0.6 is 0 Å². The number of hydrogen-bond acceptors (Lipinski definition) is 3. The fourth-order valence-corrected chi connectivity index (χ4v) is 6.62. The van der Waals surface area contributed by atoms with E-state index in [1.807, 2.05) is 6.07 Å². The van der Waals surface area contributed by atoms with Gasteiger partial charge in [0, 0.05) is 18.2 Å². The van der Waals surface area contributed by atoms with Crippen molar-refractivity contribution in [2.75, 3.05) is 6.61 Å². The Morgan fingerprint density at radius 3 is 2.70 bits per heavy atom. The minimum atomic E-state index is -0.777. The van der Waals surface area contributed by atoms with Crippen molar-refractivity contribution in [3.05, 3.63) is 65.5 Å². The Morgan fingerprint density at radius 2 is 1.97 bits per heavy atom. The summed E-state index contributed by atoms with van der Waals surface area (Å²) in [6, 6.07) is 14.2. The van der Waals surface area contributed by atoms with E-state index < -0.39 is 11.6 Å². The SMILES string of the molecule is CC1(C)[C@@H]2C[C@@H]3[C@@H](c4ccccc4)OCCC3(C2)[C@H]1NC(=O)c1ccc(O)c(F)c1. The molecule has 1 aliphatic heterocycles. The molecule has 1 spiro atoms. The maximum atomic E-state index is 13.8. The first-order chi connectivity index (χ1) is 14.3. The first kappa shape index (κ1) is 19.6. The first-order valence-corrected chi connectivity index (χ1v) is 10.8. The molecule has 30 heavy (non-hydrogen) atoms. The first-order valence-electron chi connectivity index (χ1n) is 10.8. The number of halogens is 1. The molecule has 1 saturated heterocycles. The number of carbonyl (C=O) groups excluding carboxylic acids is 1. The lowest BCUT2D eigenvalue weighted by atomic mass is 9.59. The molecule has 3 aliphatic rings. The lowest BCUT2D eigenvalue weighted by Gasteiger charge is -2.53. The monoisotopic (exact) mass is 409 g/mol. The zero-order valence-corrected chi connectivity index (χ0v) is 17.4. The van der Waals surface area contributed by atoms with E-state index in [-0.39, 0.29) is 34.4 Å². The van der Waals surface area contributed by atoms with E-state index in [0.717, 1.165) is 25.3 Å². The molecule has 158 valence electrons. The molecule has 4 nitrogen and oxygen atoms in total. The van der Waals surface area contributed by atoms with Crippen molar-refractivity contribution in [1.29, 1.82) is 0 Å². The zero-order chi connectivity index (χ0) is 21.1. The molecular weight excluding hydrogens is 381 g/mol. The van der Waals surface area contributed by atoms with E-state index >= 15 is 0 Å². The van der Waals surface area contributed by atoms with Gasteiger partial charge in [0.15, 0.2) is 11.6 Å². The number of aromatic hydroxyl groups is 1. The highest BCUT2D eigenvalue weighted by molar-refractivity contribution is 5.94. The second kappa shape index (κ2) is 6.81. The average Bonchev–Trinajstić information content (AvgIpc) is 3.23. The molecule has 5 atom stereocenters. The number of rotatable bonds is 3. The Balaban J connectivity index is 1.47. The van der Waals surface area contributed by atoms with Gasteiger partial charge in [0.25, 0.3) is 5.91 Å². The summed E-state index contributed by atoms with van der Waals surface area (Å²) < 4.78 is 20.1. The van der Waals surface area contributed by atoms with Crippen LogP contribution in [0.1, 0.15) is 55.1 Å². The summed E-state index contributed by atoms with van der Waals surface area (Å²) in [4.78, 5) is 13.1. The third-order valence-electron chi connectivity index (χ3n) is 8.12. The summed E-state index contributed by atoms with van der Waals surface area (Å²) in [6.07, 6.45) is 3.17. The average molecular weight is 410 g/mol. The minimum absolute atomic E-state index is 0.00627. The second-order valence-electron chi connectivity index (χ2n) is 9.82. The molecule has 1 amide bonds. The number of phenols is 1. The molecule has 1 heterocycles. The summed E-state index contributed by atoms with van der Waals surface area (Å²) in [6.45, 7) is 5.18. The van der Waals surface area contributed by atoms with Gasteiger partial charge in [-0.2, -0.15) is 0 Å². The fraction of sp³-hybridized carbons (Fsp3) is 0.480. The number of benzene rings is 2. The summed E-state index contributed by atoms with van der Waals surface area (Å²) in [5.41, 5.74) is 1.39. The van der Waals surface area contributed by atoms with Gasteiger partial charge in [0.05, 0.1) is 6.10 Å². The smallest absolute Gasteiger partial charge is 0.251 e. The molecule has 2 saturated carbocycles. The molecule has 2 aliphatic carbocycles. The van der Waals surface area contributed by atoms with Crippen LogP contribution in [-0.2, 0) is 4.74 Å². The molecular formula is C25H28FNO3. The van der Waals surface area contributed by atoms with Crippen LogP contribution in [0.4, 0.5) is 4.39 Å². The van der Waals surface area contributed by atoms with Gasteiger partial charge in [0.1, 0.15) is 0 Å². The maximum absolute atomic E-state index is 13.8. The van der Waals surface area contributed by atoms with Crippen molar-refractivity contribution in [3.63, 3.8) is 0 Å². The van der Waals surface area contributed by atoms with Crippen LogP contribution in [-0.4, -0.2) is 23.7 Å².